The van der Waals surface area contributed by atoms with E-state index < -0.39 is 4.99 Å². The minimum atomic E-state index is -0.869. The third kappa shape index (κ3) is 3.31. The Morgan fingerprint density at radius 1 is 1.04 bits per heavy atom. The highest BCUT2D eigenvalue weighted by molar-refractivity contribution is 8.00. The number of benzene rings is 2. The molecule has 4 rings (SSSR count). The number of nitrogens with zero attached hydrogens (tertiary/aromatic N) is 1. The third-order valence-electron chi connectivity index (χ3n) is 4.08. The van der Waals surface area contributed by atoms with Gasteiger partial charge in [-0.2, -0.15) is 0 Å². The van der Waals surface area contributed by atoms with Gasteiger partial charge in [0.05, 0.1) is 11.4 Å². The fraction of sp³-hybridized carbons (Fsp3) is 0.105. The lowest BCUT2D eigenvalue weighted by Gasteiger charge is -2.24. The standard InChI is InChI=1S/C19H17ClN4S/c20-18-10-13(8-12-4-2-1-3-5-12)9-17(23-18)19(22)24-15-7-6-14(21)11-16(15)25-19/h1-7,9-11,24H,8,21-22H2. The van der Waals surface area contributed by atoms with Crippen molar-refractivity contribution in [1.29, 1.82) is 0 Å². The minimum Gasteiger partial charge on any atom is -0.399 e. The van der Waals surface area contributed by atoms with Crippen molar-refractivity contribution in [3.05, 3.63) is 82.6 Å². The number of pyridine rings is 1. The average molecular weight is 369 g/mol. The first-order valence-corrected chi connectivity index (χ1v) is 9.08. The SMILES string of the molecule is Nc1ccc2c(c1)SC(N)(c1cc(Cc3ccccc3)cc(Cl)n1)N2. The fourth-order valence-corrected chi connectivity index (χ4v) is 4.29. The van der Waals surface area contributed by atoms with Crippen LogP contribution in [0.15, 0.2) is 65.6 Å². The van der Waals surface area contributed by atoms with Gasteiger partial charge in [-0.25, -0.2) is 4.98 Å². The molecule has 0 fully saturated rings. The molecule has 0 aliphatic carbocycles. The molecule has 1 aromatic heterocycles. The van der Waals surface area contributed by atoms with Gasteiger partial charge >= 0.3 is 0 Å². The normalized spacial score (nSPS) is 18.6. The molecule has 6 heteroatoms. The number of aromatic nitrogens is 1. The summed E-state index contributed by atoms with van der Waals surface area (Å²) < 4.78 is 0. The molecule has 0 radical (unpaired) electrons. The highest BCUT2D eigenvalue weighted by Gasteiger charge is 2.37. The number of nitrogen functional groups attached to an aromatic ring is 1. The van der Waals surface area contributed by atoms with E-state index in [0.29, 0.717) is 16.5 Å². The molecule has 0 spiro atoms. The molecule has 126 valence electrons. The van der Waals surface area contributed by atoms with Crippen molar-refractivity contribution in [1.82, 2.24) is 4.98 Å². The summed E-state index contributed by atoms with van der Waals surface area (Å²) in [6, 6.07) is 19.8. The smallest absolute Gasteiger partial charge is 0.183 e. The summed E-state index contributed by atoms with van der Waals surface area (Å²) in [5.74, 6) is 0. The van der Waals surface area contributed by atoms with E-state index in [-0.39, 0.29) is 0 Å². The summed E-state index contributed by atoms with van der Waals surface area (Å²) >= 11 is 7.76. The molecule has 1 atom stereocenters. The van der Waals surface area contributed by atoms with E-state index in [1.165, 1.54) is 17.3 Å². The molecule has 1 aliphatic heterocycles. The zero-order valence-corrected chi connectivity index (χ0v) is 14.9. The summed E-state index contributed by atoms with van der Waals surface area (Å²) in [6.07, 6.45) is 0.775. The molecular formula is C19H17ClN4S. The van der Waals surface area contributed by atoms with Crippen LogP contribution in [0.2, 0.25) is 5.15 Å². The van der Waals surface area contributed by atoms with Gasteiger partial charge in [0.1, 0.15) is 5.15 Å². The second-order valence-electron chi connectivity index (χ2n) is 6.06. The van der Waals surface area contributed by atoms with Crippen LogP contribution in [0.4, 0.5) is 11.4 Å². The molecule has 2 aromatic carbocycles. The molecule has 5 N–H and O–H groups in total. The number of anilines is 2. The first-order chi connectivity index (χ1) is 12.0. The molecule has 1 aliphatic rings. The van der Waals surface area contributed by atoms with Crippen molar-refractivity contribution in [3.8, 4) is 0 Å². The van der Waals surface area contributed by atoms with E-state index in [1.807, 2.05) is 48.5 Å². The lowest BCUT2D eigenvalue weighted by Crippen LogP contribution is -2.39. The molecule has 0 bridgehead atoms. The fourth-order valence-electron chi connectivity index (χ4n) is 2.92. The number of hydrogen-bond donors (Lipinski definition) is 3. The van der Waals surface area contributed by atoms with E-state index in [9.17, 15) is 0 Å². The van der Waals surface area contributed by atoms with Crippen LogP contribution in [-0.4, -0.2) is 4.98 Å². The molecule has 1 unspecified atom stereocenters. The number of fused-ring (bicyclic) bond motifs is 1. The highest BCUT2D eigenvalue weighted by Crippen LogP contribution is 2.48. The van der Waals surface area contributed by atoms with Gasteiger partial charge < -0.3 is 11.1 Å². The molecular weight excluding hydrogens is 352 g/mol. The number of rotatable bonds is 3. The molecule has 0 saturated heterocycles. The van der Waals surface area contributed by atoms with Crippen LogP contribution in [0.25, 0.3) is 0 Å². The Labute approximate surface area is 155 Å². The monoisotopic (exact) mass is 368 g/mol. The molecule has 3 aromatic rings. The van der Waals surface area contributed by atoms with Gasteiger partial charge in [-0.1, -0.05) is 53.7 Å². The van der Waals surface area contributed by atoms with E-state index >= 15 is 0 Å². The van der Waals surface area contributed by atoms with E-state index in [0.717, 1.165) is 22.6 Å². The van der Waals surface area contributed by atoms with Gasteiger partial charge in [-0.15, -0.1) is 0 Å². The van der Waals surface area contributed by atoms with Gasteiger partial charge in [0.2, 0.25) is 0 Å². The predicted molar refractivity (Wildman–Crippen MR) is 105 cm³/mol. The van der Waals surface area contributed by atoms with Crippen molar-refractivity contribution < 1.29 is 0 Å². The van der Waals surface area contributed by atoms with Crippen LogP contribution in [0.1, 0.15) is 16.8 Å². The summed E-state index contributed by atoms with van der Waals surface area (Å²) in [4.78, 5) is 4.60. The van der Waals surface area contributed by atoms with Crippen molar-refractivity contribution >= 4 is 34.7 Å². The number of hydrogen-bond acceptors (Lipinski definition) is 5. The van der Waals surface area contributed by atoms with E-state index in [4.69, 9.17) is 23.1 Å². The Morgan fingerprint density at radius 3 is 2.64 bits per heavy atom. The maximum Gasteiger partial charge on any atom is 0.183 e. The zero-order valence-electron chi connectivity index (χ0n) is 13.4. The summed E-state index contributed by atoms with van der Waals surface area (Å²) in [7, 11) is 0. The lowest BCUT2D eigenvalue weighted by atomic mass is 10.0. The first kappa shape index (κ1) is 16.3. The molecule has 0 saturated carbocycles. The van der Waals surface area contributed by atoms with Gasteiger partial charge in [0.25, 0.3) is 0 Å². The van der Waals surface area contributed by atoms with Gasteiger partial charge in [0.15, 0.2) is 4.99 Å². The van der Waals surface area contributed by atoms with Crippen LogP contribution in [0.3, 0.4) is 0 Å². The Balaban J connectivity index is 1.67. The topological polar surface area (TPSA) is 77.0 Å². The number of halogens is 1. The van der Waals surface area contributed by atoms with Crippen LogP contribution in [0.5, 0.6) is 0 Å². The van der Waals surface area contributed by atoms with Gasteiger partial charge in [0, 0.05) is 10.6 Å². The Kier molecular flexibility index (Phi) is 4.07. The highest BCUT2D eigenvalue weighted by atomic mass is 35.5. The van der Waals surface area contributed by atoms with Crippen molar-refractivity contribution in [2.45, 2.75) is 16.3 Å². The van der Waals surface area contributed by atoms with Crippen molar-refractivity contribution in [2.75, 3.05) is 11.1 Å². The second-order valence-corrected chi connectivity index (χ2v) is 7.74. The summed E-state index contributed by atoms with van der Waals surface area (Å²) in [5, 5.41) is 3.77. The number of nitrogens with one attached hydrogen (secondary N) is 1. The quantitative estimate of drug-likeness (QED) is 0.477. The van der Waals surface area contributed by atoms with E-state index in [1.54, 1.807) is 0 Å². The molecule has 2 heterocycles. The van der Waals surface area contributed by atoms with Crippen LogP contribution >= 0.6 is 23.4 Å². The maximum absolute atomic E-state index is 6.60. The average Bonchev–Trinajstić information content (AvgIpc) is 2.92. The second kappa shape index (κ2) is 6.26. The minimum absolute atomic E-state index is 0.436. The van der Waals surface area contributed by atoms with Gasteiger partial charge in [-0.3, -0.25) is 5.73 Å². The number of nitrogens with two attached hydrogens (primary N) is 2. The first-order valence-electron chi connectivity index (χ1n) is 7.88. The Bertz CT molecular complexity index is 932. The lowest BCUT2D eigenvalue weighted by molar-refractivity contribution is 0.734. The largest absolute Gasteiger partial charge is 0.399 e. The predicted octanol–water partition coefficient (Wildman–Crippen LogP) is 4.19. The summed E-state index contributed by atoms with van der Waals surface area (Å²) in [6.45, 7) is 0. The molecule has 4 nitrogen and oxygen atoms in total. The van der Waals surface area contributed by atoms with Gasteiger partial charge in [-0.05, 0) is 47.9 Å². The third-order valence-corrected chi connectivity index (χ3v) is 5.47. The Hall–Kier alpha value is -2.21. The Morgan fingerprint density at radius 2 is 1.84 bits per heavy atom. The van der Waals surface area contributed by atoms with Crippen LogP contribution in [-0.2, 0) is 11.4 Å². The van der Waals surface area contributed by atoms with Crippen molar-refractivity contribution in [2.24, 2.45) is 5.73 Å². The molecule has 0 amide bonds. The summed E-state index contributed by atoms with van der Waals surface area (Å²) in [5.41, 5.74) is 17.1. The number of thioether (sulfide) groups is 1. The molecule has 25 heavy (non-hydrogen) atoms. The van der Waals surface area contributed by atoms with Crippen LogP contribution < -0.4 is 16.8 Å². The maximum atomic E-state index is 6.60. The van der Waals surface area contributed by atoms with E-state index in [2.05, 4.69) is 22.4 Å². The van der Waals surface area contributed by atoms with Crippen molar-refractivity contribution in [3.63, 3.8) is 0 Å². The zero-order chi connectivity index (χ0) is 17.4. The van der Waals surface area contributed by atoms with Crippen LogP contribution in [0, 0.1) is 0 Å².